The Balaban J connectivity index is 1.99. The first-order chi connectivity index (χ1) is 9.59. The lowest BCUT2D eigenvalue weighted by molar-refractivity contribution is 0.601. The number of aromatic nitrogens is 2. The molecule has 3 rings (SSSR count). The number of nitrogens with one attached hydrogen (secondary N) is 1. The van der Waals surface area contributed by atoms with Gasteiger partial charge in [-0.25, -0.2) is 24.2 Å². The van der Waals surface area contributed by atoms with Crippen molar-refractivity contribution in [1.82, 2.24) is 9.97 Å². The van der Waals surface area contributed by atoms with Crippen molar-refractivity contribution in [3.05, 3.63) is 17.1 Å². The van der Waals surface area contributed by atoms with Crippen LogP contribution in [-0.2, 0) is 22.7 Å². The van der Waals surface area contributed by atoms with Crippen molar-refractivity contribution in [1.29, 1.82) is 0 Å². The van der Waals surface area contributed by atoms with Crippen molar-refractivity contribution in [3.8, 4) is 0 Å². The number of rotatable bonds is 2. The van der Waals surface area contributed by atoms with Gasteiger partial charge in [0, 0.05) is 17.2 Å². The number of hydrazine groups is 1. The van der Waals surface area contributed by atoms with E-state index in [9.17, 15) is 8.42 Å². The quantitative estimate of drug-likeness (QED) is 0.479. The molecule has 1 aliphatic carbocycles. The van der Waals surface area contributed by atoms with Crippen LogP contribution in [0.2, 0.25) is 0 Å². The Morgan fingerprint density at radius 1 is 1.15 bits per heavy atom. The van der Waals surface area contributed by atoms with Crippen LogP contribution in [0, 0.1) is 0 Å². The molecule has 1 atom stereocenters. The summed E-state index contributed by atoms with van der Waals surface area (Å²) in [5, 5.41) is 0. The topological polar surface area (TPSA) is 98.0 Å². The molecular weight excluding hydrogens is 276 g/mol. The zero-order valence-corrected chi connectivity index (χ0v) is 12.2. The highest BCUT2D eigenvalue weighted by Crippen LogP contribution is 2.30. The molecule has 0 aromatic carbocycles. The fourth-order valence-corrected chi connectivity index (χ4v) is 4.83. The minimum Gasteiger partial charge on any atom is -0.308 e. The predicted molar refractivity (Wildman–Crippen MR) is 77.1 cm³/mol. The monoisotopic (exact) mass is 296 g/mol. The first kappa shape index (κ1) is 13.8. The van der Waals surface area contributed by atoms with E-state index in [1.54, 1.807) is 0 Å². The lowest BCUT2D eigenvalue weighted by Crippen LogP contribution is -2.17. The van der Waals surface area contributed by atoms with Gasteiger partial charge in [0.05, 0.1) is 11.5 Å². The van der Waals surface area contributed by atoms with Crippen LogP contribution in [0.25, 0.3) is 0 Å². The molecule has 0 saturated carbocycles. The van der Waals surface area contributed by atoms with Crippen LogP contribution in [0.15, 0.2) is 0 Å². The molecule has 20 heavy (non-hydrogen) atoms. The molecule has 1 aliphatic heterocycles. The molecule has 2 aliphatic rings. The van der Waals surface area contributed by atoms with Gasteiger partial charge >= 0.3 is 0 Å². The fraction of sp³-hybridized carbons (Fsp3) is 0.692. The van der Waals surface area contributed by atoms with Gasteiger partial charge in [-0.1, -0.05) is 6.42 Å². The summed E-state index contributed by atoms with van der Waals surface area (Å²) in [6.07, 6.45) is 5.92. The lowest BCUT2D eigenvalue weighted by Gasteiger charge is -2.15. The number of hydrogen-bond acceptors (Lipinski definition) is 6. The summed E-state index contributed by atoms with van der Waals surface area (Å²) in [6.45, 7) is 0. The van der Waals surface area contributed by atoms with E-state index in [0.717, 1.165) is 36.9 Å². The zero-order valence-electron chi connectivity index (χ0n) is 11.4. The number of sulfone groups is 1. The molecule has 6 nitrogen and oxygen atoms in total. The highest BCUT2D eigenvalue weighted by atomic mass is 32.2. The largest absolute Gasteiger partial charge is 0.308 e. The van der Waals surface area contributed by atoms with E-state index >= 15 is 0 Å². The number of nitrogen functional groups attached to an aromatic ring is 1. The third-order valence-corrected chi connectivity index (χ3v) is 5.95. The van der Waals surface area contributed by atoms with Gasteiger partial charge in [0.15, 0.2) is 9.84 Å². The molecule has 0 spiro atoms. The molecule has 1 fully saturated rings. The molecule has 110 valence electrons. The predicted octanol–water partition coefficient (Wildman–Crippen LogP) is 0.933. The van der Waals surface area contributed by atoms with Crippen LogP contribution in [0.3, 0.4) is 0 Å². The van der Waals surface area contributed by atoms with Gasteiger partial charge in [0.1, 0.15) is 11.6 Å². The third kappa shape index (κ3) is 2.64. The standard InChI is InChI=1S/C13H20N4O2S/c14-17-13-10-4-2-1-3-5-11(10)15-12(16-13)9-6-7-20(18,19)8-9/h9H,1-8,14H2,(H,15,16,17). The summed E-state index contributed by atoms with van der Waals surface area (Å²) in [4.78, 5) is 9.14. The van der Waals surface area contributed by atoms with Crippen molar-refractivity contribution in [2.45, 2.75) is 44.4 Å². The summed E-state index contributed by atoms with van der Waals surface area (Å²) >= 11 is 0. The van der Waals surface area contributed by atoms with E-state index in [2.05, 4.69) is 15.4 Å². The van der Waals surface area contributed by atoms with Crippen LogP contribution in [0.4, 0.5) is 5.82 Å². The van der Waals surface area contributed by atoms with Crippen molar-refractivity contribution >= 4 is 15.7 Å². The van der Waals surface area contributed by atoms with Gasteiger partial charge < -0.3 is 5.43 Å². The van der Waals surface area contributed by atoms with E-state index in [4.69, 9.17) is 5.84 Å². The van der Waals surface area contributed by atoms with E-state index < -0.39 is 9.84 Å². The van der Waals surface area contributed by atoms with Gasteiger partial charge in [0.2, 0.25) is 0 Å². The molecule has 1 aromatic rings. The Kier molecular flexibility index (Phi) is 3.64. The van der Waals surface area contributed by atoms with Gasteiger partial charge in [0.25, 0.3) is 0 Å². The lowest BCUT2D eigenvalue weighted by atomic mass is 10.1. The van der Waals surface area contributed by atoms with Crippen LogP contribution < -0.4 is 11.3 Å². The second-order valence-electron chi connectivity index (χ2n) is 5.66. The smallest absolute Gasteiger partial charge is 0.151 e. The summed E-state index contributed by atoms with van der Waals surface area (Å²) < 4.78 is 23.2. The van der Waals surface area contributed by atoms with Crippen molar-refractivity contribution in [2.75, 3.05) is 16.9 Å². The molecule has 1 saturated heterocycles. The van der Waals surface area contributed by atoms with Crippen molar-refractivity contribution < 1.29 is 8.42 Å². The number of nitrogens with zero attached hydrogens (tertiary/aromatic N) is 2. The highest BCUT2D eigenvalue weighted by Gasteiger charge is 2.32. The van der Waals surface area contributed by atoms with E-state index in [0.29, 0.717) is 18.1 Å². The van der Waals surface area contributed by atoms with Crippen LogP contribution >= 0.6 is 0 Å². The summed E-state index contributed by atoms with van der Waals surface area (Å²) in [7, 11) is -2.92. The summed E-state index contributed by atoms with van der Waals surface area (Å²) in [6, 6.07) is 0. The van der Waals surface area contributed by atoms with Crippen LogP contribution in [-0.4, -0.2) is 29.9 Å². The van der Waals surface area contributed by atoms with Gasteiger partial charge in [-0.3, -0.25) is 0 Å². The molecule has 3 N–H and O–H groups in total. The Labute approximate surface area is 119 Å². The van der Waals surface area contributed by atoms with Crippen molar-refractivity contribution in [2.24, 2.45) is 5.84 Å². The van der Waals surface area contributed by atoms with E-state index in [-0.39, 0.29) is 17.4 Å². The average molecular weight is 296 g/mol. The van der Waals surface area contributed by atoms with Crippen molar-refractivity contribution in [3.63, 3.8) is 0 Å². The van der Waals surface area contributed by atoms with Gasteiger partial charge in [-0.05, 0) is 32.1 Å². The Hall–Kier alpha value is -1.21. The van der Waals surface area contributed by atoms with Gasteiger partial charge in [-0.15, -0.1) is 0 Å². The Morgan fingerprint density at radius 3 is 2.65 bits per heavy atom. The first-order valence-electron chi connectivity index (χ1n) is 7.16. The number of anilines is 1. The summed E-state index contributed by atoms with van der Waals surface area (Å²) in [5.74, 6) is 7.22. The fourth-order valence-electron chi connectivity index (χ4n) is 3.09. The molecule has 1 unspecified atom stereocenters. The maximum Gasteiger partial charge on any atom is 0.151 e. The van der Waals surface area contributed by atoms with E-state index in [1.165, 1.54) is 6.42 Å². The number of aryl methyl sites for hydroxylation is 1. The highest BCUT2D eigenvalue weighted by molar-refractivity contribution is 7.91. The van der Waals surface area contributed by atoms with Crippen LogP contribution in [0.5, 0.6) is 0 Å². The first-order valence-corrected chi connectivity index (χ1v) is 8.98. The molecular formula is C13H20N4O2S. The zero-order chi connectivity index (χ0) is 14.2. The number of fused-ring (bicyclic) bond motifs is 1. The number of nitrogens with two attached hydrogens (primary N) is 1. The maximum atomic E-state index is 11.6. The maximum absolute atomic E-state index is 11.6. The Bertz CT molecular complexity index is 615. The second kappa shape index (κ2) is 5.29. The van der Waals surface area contributed by atoms with E-state index in [1.807, 2.05) is 0 Å². The molecule has 0 bridgehead atoms. The second-order valence-corrected chi connectivity index (χ2v) is 7.89. The Morgan fingerprint density at radius 2 is 1.95 bits per heavy atom. The molecule has 7 heteroatoms. The summed E-state index contributed by atoms with van der Waals surface area (Å²) in [5.41, 5.74) is 4.82. The minimum absolute atomic E-state index is 0.0827. The molecule has 0 radical (unpaired) electrons. The molecule has 2 heterocycles. The minimum atomic E-state index is -2.92. The normalized spacial score (nSPS) is 24.9. The SMILES string of the molecule is NNc1nc(C2CCS(=O)(=O)C2)nc2c1CCCCC2. The number of hydrogen-bond donors (Lipinski definition) is 2. The van der Waals surface area contributed by atoms with Gasteiger partial charge in [-0.2, -0.15) is 0 Å². The molecule has 1 aromatic heterocycles. The molecule has 0 amide bonds. The average Bonchev–Trinajstić information content (AvgIpc) is 2.64. The third-order valence-electron chi connectivity index (χ3n) is 4.18. The van der Waals surface area contributed by atoms with Crippen LogP contribution in [0.1, 0.15) is 48.7 Å².